The van der Waals surface area contributed by atoms with Crippen molar-refractivity contribution >= 4 is 5.97 Å². The summed E-state index contributed by atoms with van der Waals surface area (Å²) in [5, 5.41) is 7.42. The van der Waals surface area contributed by atoms with Crippen LogP contribution in [0.15, 0.2) is 0 Å². The van der Waals surface area contributed by atoms with E-state index < -0.39 is 5.97 Å². The van der Waals surface area contributed by atoms with Crippen LogP contribution in [0.4, 0.5) is 0 Å². The fraction of sp³-hybridized carbons (Fsp3) is 0.500. The largest absolute Gasteiger partial charge is 0.481 e. The van der Waals surface area contributed by atoms with Crippen molar-refractivity contribution in [3.8, 4) is 0 Å². The van der Waals surface area contributed by atoms with Gasteiger partial charge < -0.3 is 59.9 Å². The molecule has 0 heterocycles. The van der Waals surface area contributed by atoms with Crippen LogP contribution < -0.4 is 0 Å². The molecule has 0 radical (unpaired) electrons. The maximum absolute atomic E-state index is 9.00. The van der Waals surface area contributed by atoms with E-state index in [-0.39, 0.29) is 74.2 Å². The minimum absolute atomic E-state index is 0. The minimum atomic E-state index is -0.833. The Morgan fingerprint density at radius 3 is 0.667 bits per heavy atom. The standard InChI is InChI=1S/C2H4O2.10H2O.Zn/c1-2(3)4;;;;;;;;;;;/h1H3,(H,3,4);10*1H2;. The van der Waals surface area contributed by atoms with Crippen molar-refractivity contribution in [2.24, 2.45) is 0 Å². The predicted octanol–water partition coefficient (Wildman–Crippen LogP) is -8.16. The van der Waals surface area contributed by atoms with Crippen LogP contribution in [0.2, 0.25) is 0 Å². The van der Waals surface area contributed by atoms with Crippen molar-refractivity contribution in [2.75, 3.05) is 0 Å². The summed E-state index contributed by atoms with van der Waals surface area (Å²) in [7, 11) is 0. The van der Waals surface area contributed by atoms with Gasteiger partial charge in [-0.05, 0) is 0 Å². The number of carboxylic acid groups (broad SMARTS) is 1. The van der Waals surface area contributed by atoms with E-state index in [1.165, 1.54) is 0 Å². The van der Waals surface area contributed by atoms with Crippen LogP contribution in [0.1, 0.15) is 6.92 Å². The molecule has 0 atom stereocenters. The summed E-state index contributed by atoms with van der Waals surface area (Å²) in [5.41, 5.74) is 0. The van der Waals surface area contributed by atoms with Crippen LogP contribution in [-0.2, 0) is 24.3 Å². The molecule has 0 fully saturated rings. The zero-order chi connectivity index (χ0) is 3.58. The second-order valence-electron chi connectivity index (χ2n) is 0.519. The van der Waals surface area contributed by atoms with Gasteiger partial charge in [-0.25, -0.2) is 0 Å². The van der Waals surface area contributed by atoms with Crippen molar-refractivity contribution in [1.29, 1.82) is 0 Å². The van der Waals surface area contributed by atoms with Gasteiger partial charge in [-0.2, -0.15) is 0 Å². The monoisotopic (exact) mass is 304 g/mol. The maximum atomic E-state index is 9.00. The fourth-order valence-electron chi connectivity index (χ4n) is 0. The molecule has 0 aromatic rings. The Morgan fingerprint density at radius 2 is 0.667 bits per heavy atom. The van der Waals surface area contributed by atoms with Gasteiger partial charge in [-0.3, -0.25) is 4.79 Å². The summed E-state index contributed by atoms with van der Waals surface area (Å²) in [6, 6.07) is 0. The maximum Gasteiger partial charge on any atom is 0.300 e. The van der Waals surface area contributed by atoms with E-state index in [9.17, 15) is 0 Å². The zero-order valence-electron chi connectivity index (χ0n) is 8.06. The summed E-state index contributed by atoms with van der Waals surface area (Å²) in [5.74, 6) is -0.833. The molecule has 0 saturated heterocycles. The SMILES string of the molecule is CC(=O)O.O.O.O.O.O.O.O.O.O.O.[Zn]. The van der Waals surface area contributed by atoms with Gasteiger partial charge in [-0.15, -0.1) is 0 Å². The molecule has 0 saturated carbocycles. The second-order valence-corrected chi connectivity index (χ2v) is 0.519. The Labute approximate surface area is 97.8 Å². The van der Waals surface area contributed by atoms with Crippen LogP contribution in [0.5, 0.6) is 0 Å². The van der Waals surface area contributed by atoms with Crippen molar-refractivity contribution in [3.05, 3.63) is 0 Å². The van der Waals surface area contributed by atoms with Gasteiger partial charge in [0, 0.05) is 26.4 Å². The Morgan fingerprint density at radius 1 is 0.667 bits per heavy atom. The molecule has 21 N–H and O–H groups in total. The van der Waals surface area contributed by atoms with E-state index in [1.807, 2.05) is 0 Å². The Balaban J connectivity index is -0.000000000818. The normalized spacial score (nSPS) is 1.67. The molecular weight excluding hydrogens is 281 g/mol. The smallest absolute Gasteiger partial charge is 0.300 e. The molecule has 0 spiro atoms. The average Bonchev–Trinajstić information content (AvgIpc) is 0.811. The third-order valence-corrected chi connectivity index (χ3v) is 0. The average molecular weight is 306 g/mol. The van der Waals surface area contributed by atoms with Crippen molar-refractivity contribution < 1.29 is 84.1 Å². The Bertz CT molecular complexity index is 36.6. The molecule has 13 heteroatoms. The van der Waals surface area contributed by atoms with Crippen molar-refractivity contribution in [2.45, 2.75) is 6.92 Å². The number of hydrogen-bond donors (Lipinski definition) is 1. The van der Waals surface area contributed by atoms with Gasteiger partial charge in [0.15, 0.2) is 0 Å². The van der Waals surface area contributed by atoms with Crippen LogP contribution in [-0.4, -0.2) is 65.8 Å². The van der Waals surface area contributed by atoms with Crippen LogP contribution in [0.3, 0.4) is 0 Å². The van der Waals surface area contributed by atoms with Gasteiger partial charge in [0.05, 0.1) is 0 Å². The van der Waals surface area contributed by atoms with Gasteiger partial charge >= 0.3 is 0 Å². The molecule has 0 aliphatic heterocycles. The van der Waals surface area contributed by atoms with Crippen molar-refractivity contribution in [3.63, 3.8) is 0 Å². The van der Waals surface area contributed by atoms with E-state index in [0.717, 1.165) is 6.92 Å². The number of aliphatic carboxylic acids is 1. The van der Waals surface area contributed by atoms with E-state index in [0.29, 0.717) is 0 Å². The predicted molar refractivity (Wildman–Crippen MR) is 49.4 cm³/mol. The third-order valence-electron chi connectivity index (χ3n) is 0. The van der Waals surface area contributed by atoms with Gasteiger partial charge in [0.1, 0.15) is 0 Å². The summed E-state index contributed by atoms with van der Waals surface area (Å²) >= 11 is 0. The van der Waals surface area contributed by atoms with E-state index in [2.05, 4.69) is 0 Å². The Hall–Kier alpha value is -0.307. The number of carbonyl (C=O) groups is 1. The van der Waals surface area contributed by atoms with E-state index >= 15 is 0 Å². The molecule has 0 unspecified atom stereocenters. The molecule has 0 amide bonds. The zero-order valence-corrected chi connectivity index (χ0v) is 11.0. The molecule has 15 heavy (non-hydrogen) atoms. The van der Waals surface area contributed by atoms with Gasteiger partial charge in [0.2, 0.25) is 0 Å². The third kappa shape index (κ3) is 19900. The van der Waals surface area contributed by atoms with E-state index in [1.54, 1.807) is 0 Å². The summed E-state index contributed by atoms with van der Waals surface area (Å²) in [6.45, 7) is 1.08. The minimum Gasteiger partial charge on any atom is -0.481 e. The number of hydrogen-bond acceptors (Lipinski definition) is 1. The molecule has 0 rings (SSSR count). The summed E-state index contributed by atoms with van der Waals surface area (Å²) in [6.07, 6.45) is 0. The molecule has 106 valence electrons. The first-order valence-corrected chi connectivity index (χ1v) is 0.928. The first-order chi connectivity index (χ1) is 1.73. The quantitative estimate of drug-likeness (QED) is 0.425. The fourth-order valence-corrected chi connectivity index (χ4v) is 0. The van der Waals surface area contributed by atoms with Crippen LogP contribution in [0.25, 0.3) is 0 Å². The Kier molecular flexibility index (Phi) is 7700. The van der Waals surface area contributed by atoms with Crippen LogP contribution >= 0.6 is 0 Å². The summed E-state index contributed by atoms with van der Waals surface area (Å²) in [4.78, 5) is 9.00. The molecule has 0 aromatic carbocycles. The molecule has 0 aliphatic carbocycles. The molecule has 0 bridgehead atoms. The van der Waals surface area contributed by atoms with Crippen molar-refractivity contribution in [1.82, 2.24) is 0 Å². The molecule has 0 aliphatic rings. The molecule has 12 nitrogen and oxygen atoms in total. The second kappa shape index (κ2) is 304. The van der Waals surface area contributed by atoms with Gasteiger partial charge in [0.25, 0.3) is 5.97 Å². The first-order valence-electron chi connectivity index (χ1n) is 0.928. The number of rotatable bonds is 0. The van der Waals surface area contributed by atoms with Crippen LogP contribution in [0, 0.1) is 0 Å². The van der Waals surface area contributed by atoms with E-state index in [4.69, 9.17) is 9.90 Å². The first kappa shape index (κ1) is 380. The van der Waals surface area contributed by atoms with Gasteiger partial charge in [-0.1, -0.05) is 0 Å². The molecule has 0 aromatic heterocycles. The molecular formula is C2H24O12Zn. The number of carboxylic acids is 1. The summed E-state index contributed by atoms with van der Waals surface area (Å²) < 4.78 is 0. The topological polar surface area (TPSA) is 352 Å².